The van der Waals surface area contributed by atoms with Crippen molar-refractivity contribution < 1.29 is 18.6 Å². The van der Waals surface area contributed by atoms with Gasteiger partial charge in [0.15, 0.2) is 0 Å². The molecule has 0 aliphatic carbocycles. The fraction of sp³-hybridized carbons (Fsp3) is 0.467. The highest BCUT2D eigenvalue weighted by Crippen LogP contribution is 2.47. The molecule has 0 aromatic heterocycles. The number of hydrogen-bond donors (Lipinski definition) is 3. The van der Waals surface area contributed by atoms with E-state index in [1.54, 1.807) is 11.8 Å². The largest absolute Gasteiger partial charge is 0.442 e. The molecule has 0 unspecified atom stereocenters. The Bertz CT molecular complexity index is 650. The molecule has 8 heteroatoms. The van der Waals surface area contributed by atoms with E-state index in [2.05, 4.69) is 5.32 Å². The minimum Gasteiger partial charge on any atom is -0.442 e. The first-order chi connectivity index (χ1) is 10.8. The van der Waals surface area contributed by atoms with Crippen molar-refractivity contribution in [3.8, 4) is 0 Å². The average molecular weight is 356 g/mol. The van der Waals surface area contributed by atoms with Crippen LogP contribution in [0.15, 0.2) is 18.2 Å². The lowest BCUT2D eigenvalue weighted by atomic mass is 10.0. The van der Waals surface area contributed by atoms with Gasteiger partial charge in [0.2, 0.25) is 0 Å². The molecule has 0 bridgehead atoms. The molecule has 1 amide bonds. The number of amides is 1. The van der Waals surface area contributed by atoms with Gasteiger partial charge in [-0.15, -0.1) is 0 Å². The maximum absolute atomic E-state index is 12.1. The fourth-order valence-corrected chi connectivity index (χ4v) is 4.40. The highest BCUT2D eigenvalue weighted by Gasteiger charge is 2.33. The Morgan fingerprint density at radius 1 is 1.48 bits per heavy atom. The fourth-order valence-electron chi connectivity index (χ4n) is 2.84. The number of nitrogens with zero attached hydrogens (tertiary/aromatic N) is 1. The zero-order chi connectivity index (χ0) is 16.6. The van der Waals surface area contributed by atoms with Gasteiger partial charge in [-0.1, -0.05) is 18.3 Å². The van der Waals surface area contributed by atoms with Gasteiger partial charge in [0.25, 0.3) is 0 Å². The SMILES string of the molecule is CC(=S)NC[C@H]1CN(c2ccc3c(c2)CCS(O)(O)C3)C(=O)O1. The second-order valence-corrected chi connectivity index (χ2v) is 8.82. The van der Waals surface area contributed by atoms with Crippen LogP contribution in [0, 0.1) is 0 Å². The van der Waals surface area contributed by atoms with Crippen molar-refractivity contribution in [2.45, 2.75) is 25.2 Å². The van der Waals surface area contributed by atoms with E-state index in [1.807, 2.05) is 18.2 Å². The molecule has 2 heterocycles. The molecule has 1 aromatic carbocycles. The topological polar surface area (TPSA) is 82.0 Å². The monoisotopic (exact) mass is 356 g/mol. The van der Waals surface area contributed by atoms with Crippen LogP contribution in [0.25, 0.3) is 0 Å². The van der Waals surface area contributed by atoms with Crippen molar-refractivity contribution in [1.82, 2.24) is 5.32 Å². The zero-order valence-electron chi connectivity index (χ0n) is 12.8. The number of anilines is 1. The van der Waals surface area contributed by atoms with Gasteiger partial charge in [0.05, 0.1) is 23.8 Å². The molecule has 2 aliphatic heterocycles. The molecular weight excluding hydrogens is 336 g/mol. The summed E-state index contributed by atoms with van der Waals surface area (Å²) in [7, 11) is -2.49. The van der Waals surface area contributed by atoms with Gasteiger partial charge in [0, 0.05) is 11.4 Å². The normalized spacial score (nSPS) is 23.9. The Kier molecular flexibility index (Phi) is 4.50. The van der Waals surface area contributed by atoms with Gasteiger partial charge in [-0.05, 0) is 36.6 Å². The van der Waals surface area contributed by atoms with Gasteiger partial charge in [0.1, 0.15) is 6.10 Å². The van der Waals surface area contributed by atoms with Crippen LogP contribution in [0.1, 0.15) is 18.1 Å². The van der Waals surface area contributed by atoms with Crippen molar-refractivity contribution in [3.63, 3.8) is 0 Å². The number of nitrogens with one attached hydrogen (secondary N) is 1. The molecule has 3 N–H and O–H groups in total. The number of carbonyl (C=O) groups excluding carboxylic acids is 1. The van der Waals surface area contributed by atoms with E-state index in [-0.39, 0.29) is 12.2 Å². The van der Waals surface area contributed by atoms with E-state index in [9.17, 15) is 13.9 Å². The number of benzene rings is 1. The van der Waals surface area contributed by atoms with Gasteiger partial charge in [-0.25, -0.2) is 4.79 Å². The average Bonchev–Trinajstić information content (AvgIpc) is 2.85. The number of fused-ring (bicyclic) bond motifs is 1. The molecule has 1 saturated heterocycles. The van der Waals surface area contributed by atoms with Crippen LogP contribution in [0.2, 0.25) is 0 Å². The molecule has 126 valence electrons. The van der Waals surface area contributed by atoms with Crippen molar-refractivity contribution in [1.29, 1.82) is 0 Å². The summed E-state index contributed by atoms with van der Waals surface area (Å²) in [6.07, 6.45) is 0.0195. The lowest BCUT2D eigenvalue weighted by Gasteiger charge is -2.37. The summed E-state index contributed by atoms with van der Waals surface area (Å²) in [5.41, 5.74) is 2.80. The summed E-state index contributed by atoms with van der Waals surface area (Å²) in [4.78, 5) is 14.4. The number of carbonyl (C=O) groups is 1. The first-order valence-corrected chi connectivity index (χ1v) is 9.71. The Balaban J connectivity index is 1.73. The van der Waals surface area contributed by atoms with Crippen molar-refractivity contribution >= 4 is 39.6 Å². The van der Waals surface area contributed by atoms with E-state index in [0.717, 1.165) is 16.8 Å². The first kappa shape index (κ1) is 16.5. The van der Waals surface area contributed by atoms with Crippen molar-refractivity contribution in [2.24, 2.45) is 0 Å². The van der Waals surface area contributed by atoms with Crippen LogP contribution >= 0.6 is 22.8 Å². The lowest BCUT2D eigenvalue weighted by molar-refractivity contribution is 0.143. The van der Waals surface area contributed by atoms with Crippen LogP contribution in [0.4, 0.5) is 10.5 Å². The van der Waals surface area contributed by atoms with E-state index in [4.69, 9.17) is 17.0 Å². The smallest absolute Gasteiger partial charge is 0.414 e. The zero-order valence-corrected chi connectivity index (χ0v) is 14.5. The van der Waals surface area contributed by atoms with Crippen LogP contribution in [0.3, 0.4) is 0 Å². The third-order valence-electron chi connectivity index (χ3n) is 4.04. The molecule has 23 heavy (non-hydrogen) atoms. The molecule has 0 radical (unpaired) electrons. The van der Waals surface area contributed by atoms with Gasteiger partial charge in [-0.2, -0.15) is 10.6 Å². The van der Waals surface area contributed by atoms with Gasteiger partial charge < -0.3 is 10.1 Å². The second kappa shape index (κ2) is 6.27. The Hall–Kier alpha value is -1.35. The standard InChI is InChI=1S/C15H20N2O4S2/c1-10(22)16-7-14-8-17(15(18)21-14)13-3-2-12-9-23(19,20)5-4-11(12)6-13/h2-3,6,14,19-20H,4-5,7-9H2,1H3,(H,16,22)/t14-/m0/s1. The van der Waals surface area contributed by atoms with Crippen molar-refractivity contribution in [2.75, 3.05) is 23.7 Å². The third kappa shape index (κ3) is 3.77. The quantitative estimate of drug-likeness (QED) is 0.723. The Morgan fingerprint density at radius 2 is 2.26 bits per heavy atom. The molecule has 0 spiro atoms. The Morgan fingerprint density at radius 3 is 3.00 bits per heavy atom. The number of aryl methyl sites for hydroxylation is 1. The van der Waals surface area contributed by atoms with Gasteiger partial charge in [-0.3, -0.25) is 14.0 Å². The highest BCUT2D eigenvalue weighted by atomic mass is 32.3. The van der Waals surface area contributed by atoms with E-state index < -0.39 is 10.6 Å². The van der Waals surface area contributed by atoms with Crippen LogP contribution in [0.5, 0.6) is 0 Å². The van der Waals surface area contributed by atoms with Crippen LogP contribution in [-0.2, 0) is 16.9 Å². The molecule has 1 fully saturated rings. The molecule has 2 aliphatic rings. The predicted octanol–water partition coefficient (Wildman–Crippen LogP) is 2.76. The Labute approximate surface area is 142 Å². The number of hydrogen-bond acceptors (Lipinski definition) is 5. The van der Waals surface area contributed by atoms with Crippen LogP contribution in [-0.4, -0.2) is 45.1 Å². The number of ether oxygens (including phenoxy) is 1. The second-order valence-electron chi connectivity index (χ2n) is 5.91. The summed E-state index contributed by atoms with van der Waals surface area (Å²) in [6, 6.07) is 5.66. The van der Waals surface area contributed by atoms with E-state index in [0.29, 0.717) is 36.0 Å². The summed E-state index contributed by atoms with van der Waals surface area (Å²) < 4.78 is 25.0. The first-order valence-electron chi connectivity index (χ1n) is 7.42. The molecule has 1 aromatic rings. The number of rotatable bonds is 3. The maximum atomic E-state index is 12.1. The summed E-state index contributed by atoms with van der Waals surface area (Å²) in [5, 5.41) is 3.01. The molecule has 3 rings (SSSR count). The molecule has 6 nitrogen and oxygen atoms in total. The van der Waals surface area contributed by atoms with Crippen LogP contribution < -0.4 is 10.2 Å². The molecular formula is C15H20N2O4S2. The van der Waals surface area contributed by atoms with E-state index >= 15 is 0 Å². The summed E-state index contributed by atoms with van der Waals surface area (Å²) in [6.45, 7) is 2.77. The van der Waals surface area contributed by atoms with E-state index in [1.165, 1.54) is 0 Å². The third-order valence-corrected chi connectivity index (χ3v) is 5.81. The number of cyclic esters (lactones) is 1. The lowest BCUT2D eigenvalue weighted by Crippen LogP contribution is -2.32. The minimum absolute atomic E-state index is 0.233. The van der Waals surface area contributed by atoms with Crippen molar-refractivity contribution in [3.05, 3.63) is 29.3 Å². The molecule has 0 saturated carbocycles. The molecule has 1 atom stereocenters. The maximum Gasteiger partial charge on any atom is 0.414 e. The minimum atomic E-state index is -2.49. The predicted molar refractivity (Wildman–Crippen MR) is 95.5 cm³/mol. The van der Waals surface area contributed by atoms with Gasteiger partial charge >= 0.3 is 6.09 Å². The number of thiocarbonyl (C=S) groups is 1. The summed E-state index contributed by atoms with van der Waals surface area (Å²) in [5.74, 6) is 0.682. The summed E-state index contributed by atoms with van der Waals surface area (Å²) >= 11 is 4.96. The highest BCUT2D eigenvalue weighted by molar-refractivity contribution is 8.23.